The molecule has 2 rings (SSSR count). The Morgan fingerprint density at radius 1 is 1.44 bits per heavy atom. The van der Waals surface area contributed by atoms with Crippen molar-refractivity contribution < 1.29 is 9.30 Å². The van der Waals surface area contributed by atoms with Crippen LogP contribution < -0.4 is 9.30 Å². The van der Waals surface area contributed by atoms with E-state index in [0.29, 0.717) is 12.5 Å². The fourth-order valence-electron chi connectivity index (χ4n) is 1.57. The van der Waals surface area contributed by atoms with Crippen LogP contribution in [0.3, 0.4) is 0 Å². The van der Waals surface area contributed by atoms with Crippen LogP contribution in [0.2, 0.25) is 0 Å². The average Bonchev–Trinajstić information content (AvgIpc) is 2.83. The molecule has 0 saturated carbocycles. The van der Waals surface area contributed by atoms with E-state index in [4.69, 9.17) is 4.74 Å². The second-order valence-electron chi connectivity index (χ2n) is 3.88. The van der Waals surface area contributed by atoms with Crippen molar-refractivity contribution in [2.75, 3.05) is 6.61 Å². The number of pyridine rings is 1. The molecule has 0 spiro atoms. The summed E-state index contributed by atoms with van der Waals surface area (Å²) in [6.07, 6.45) is 8.96. The molecule has 0 saturated heterocycles. The van der Waals surface area contributed by atoms with Gasteiger partial charge in [0, 0.05) is 6.07 Å². The summed E-state index contributed by atoms with van der Waals surface area (Å²) in [5, 5.41) is 0. The van der Waals surface area contributed by atoms with E-state index >= 15 is 0 Å². The molecule has 0 aliphatic heterocycles. The maximum Gasteiger partial charge on any atom is 0.254 e. The van der Waals surface area contributed by atoms with Crippen LogP contribution in [0.15, 0.2) is 36.7 Å². The summed E-state index contributed by atoms with van der Waals surface area (Å²) in [7, 11) is 1.98. The molecule has 0 amide bonds. The molecule has 94 valence electrons. The summed E-state index contributed by atoms with van der Waals surface area (Å²) in [6, 6.07) is 3.99. The summed E-state index contributed by atoms with van der Waals surface area (Å²) in [5.74, 6) is 0.621. The third-order valence-corrected chi connectivity index (χ3v) is 2.94. The Morgan fingerprint density at radius 2 is 2.33 bits per heavy atom. The van der Waals surface area contributed by atoms with Gasteiger partial charge in [-0.2, -0.15) is 4.37 Å². The zero-order valence-electron chi connectivity index (χ0n) is 10.5. The maximum absolute atomic E-state index is 5.65. The zero-order chi connectivity index (χ0) is 12.8. The van der Waals surface area contributed by atoms with Gasteiger partial charge in [0.15, 0.2) is 18.1 Å². The molecule has 4 nitrogen and oxygen atoms in total. The van der Waals surface area contributed by atoms with Crippen molar-refractivity contribution in [2.45, 2.75) is 13.3 Å². The lowest BCUT2D eigenvalue weighted by Gasteiger charge is -2.02. The first-order chi connectivity index (χ1) is 8.81. The number of ether oxygens (including phenoxy) is 1. The van der Waals surface area contributed by atoms with Gasteiger partial charge in [0.1, 0.15) is 7.05 Å². The van der Waals surface area contributed by atoms with E-state index in [0.717, 1.165) is 17.7 Å². The quantitative estimate of drug-likeness (QED) is 0.472. The van der Waals surface area contributed by atoms with Crippen molar-refractivity contribution in [1.82, 2.24) is 8.75 Å². The summed E-state index contributed by atoms with van der Waals surface area (Å²) in [5.41, 5.74) is 1.84. The van der Waals surface area contributed by atoms with Crippen LogP contribution in [-0.2, 0) is 7.05 Å². The van der Waals surface area contributed by atoms with Crippen molar-refractivity contribution in [2.24, 2.45) is 7.05 Å². The molecule has 0 atom stereocenters. The molecular weight excluding hydrogens is 246 g/mol. The van der Waals surface area contributed by atoms with Crippen molar-refractivity contribution in [3.8, 4) is 17.1 Å². The number of aryl methyl sites for hydroxylation is 1. The van der Waals surface area contributed by atoms with Gasteiger partial charge in [-0.05, 0) is 19.4 Å². The lowest BCUT2D eigenvalue weighted by Crippen LogP contribution is -2.26. The third kappa shape index (κ3) is 3.13. The van der Waals surface area contributed by atoms with E-state index < -0.39 is 0 Å². The normalized spacial score (nSPS) is 11.0. The van der Waals surface area contributed by atoms with E-state index in [9.17, 15) is 0 Å². The number of aromatic nitrogens is 3. The van der Waals surface area contributed by atoms with E-state index in [1.54, 1.807) is 0 Å². The number of hydrogen-bond acceptors (Lipinski definition) is 4. The van der Waals surface area contributed by atoms with Gasteiger partial charge in [-0.1, -0.05) is 12.2 Å². The standard InChI is InChI=1S/C13H16N3OS/c1-3-4-5-9-17-13-12(14-18-15-13)11-7-6-8-16(2)10-11/h3-4,6-8,10H,5,9H2,1-2H3/q+1. The second-order valence-corrected chi connectivity index (χ2v) is 4.41. The van der Waals surface area contributed by atoms with Crippen LogP contribution in [0, 0.1) is 0 Å². The van der Waals surface area contributed by atoms with E-state index in [2.05, 4.69) is 14.8 Å². The number of rotatable bonds is 5. The molecule has 0 N–H and O–H groups in total. The Hall–Kier alpha value is -1.75. The highest BCUT2D eigenvalue weighted by atomic mass is 32.1. The Kier molecular flexibility index (Phi) is 4.41. The molecule has 0 aliphatic carbocycles. The predicted molar refractivity (Wildman–Crippen MR) is 71.4 cm³/mol. The fourth-order valence-corrected chi connectivity index (χ4v) is 2.09. The lowest BCUT2D eigenvalue weighted by molar-refractivity contribution is -0.671. The Balaban J connectivity index is 2.12. The van der Waals surface area contributed by atoms with Gasteiger partial charge in [0.25, 0.3) is 5.88 Å². The number of nitrogens with zero attached hydrogens (tertiary/aromatic N) is 3. The van der Waals surface area contributed by atoms with Crippen LogP contribution in [0.1, 0.15) is 13.3 Å². The van der Waals surface area contributed by atoms with Crippen molar-refractivity contribution in [1.29, 1.82) is 0 Å². The lowest BCUT2D eigenvalue weighted by atomic mass is 10.2. The first kappa shape index (κ1) is 12.7. The van der Waals surface area contributed by atoms with Crippen molar-refractivity contribution in [3.05, 3.63) is 36.7 Å². The third-order valence-electron chi connectivity index (χ3n) is 2.43. The predicted octanol–water partition coefficient (Wildman–Crippen LogP) is 2.37. The van der Waals surface area contributed by atoms with Crippen LogP contribution in [0.5, 0.6) is 5.88 Å². The summed E-state index contributed by atoms with van der Waals surface area (Å²) in [4.78, 5) is 0. The molecule has 0 radical (unpaired) electrons. The SMILES string of the molecule is CC=CCCOc1nsnc1-c1ccc[n+](C)c1. The van der Waals surface area contributed by atoms with Crippen LogP contribution in [0.4, 0.5) is 0 Å². The number of hydrogen-bond donors (Lipinski definition) is 0. The van der Waals surface area contributed by atoms with Gasteiger partial charge >= 0.3 is 0 Å². The van der Waals surface area contributed by atoms with Gasteiger partial charge in [0.2, 0.25) is 0 Å². The van der Waals surface area contributed by atoms with E-state index in [1.165, 1.54) is 11.7 Å². The minimum absolute atomic E-state index is 0.621. The van der Waals surface area contributed by atoms with Crippen molar-refractivity contribution in [3.63, 3.8) is 0 Å². The van der Waals surface area contributed by atoms with Crippen LogP contribution in [0.25, 0.3) is 11.3 Å². The first-order valence-electron chi connectivity index (χ1n) is 5.83. The molecule has 2 aromatic rings. The van der Waals surface area contributed by atoms with Gasteiger partial charge in [-0.25, -0.2) is 4.57 Å². The molecule has 2 aromatic heterocycles. The highest BCUT2D eigenvalue weighted by Gasteiger charge is 2.13. The zero-order valence-corrected chi connectivity index (χ0v) is 11.4. The minimum atomic E-state index is 0.621. The first-order valence-corrected chi connectivity index (χ1v) is 6.56. The molecular formula is C13H16N3OS+. The molecule has 0 aliphatic rings. The molecule has 2 heterocycles. The highest BCUT2D eigenvalue weighted by Crippen LogP contribution is 2.26. The highest BCUT2D eigenvalue weighted by molar-refractivity contribution is 6.99. The largest absolute Gasteiger partial charge is 0.475 e. The van der Waals surface area contributed by atoms with E-state index in [1.807, 2.05) is 49.1 Å². The second kappa shape index (κ2) is 6.26. The Bertz CT molecular complexity index is 537. The molecule has 18 heavy (non-hydrogen) atoms. The molecule has 0 bridgehead atoms. The maximum atomic E-state index is 5.65. The van der Waals surface area contributed by atoms with Crippen molar-refractivity contribution >= 4 is 11.7 Å². The smallest absolute Gasteiger partial charge is 0.254 e. The Labute approximate surface area is 111 Å². The van der Waals surface area contributed by atoms with Gasteiger partial charge in [-0.15, -0.1) is 4.37 Å². The summed E-state index contributed by atoms with van der Waals surface area (Å²) >= 11 is 1.18. The van der Waals surface area contributed by atoms with Gasteiger partial charge in [0.05, 0.1) is 23.9 Å². The van der Waals surface area contributed by atoms with Crippen LogP contribution >= 0.6 is 11.7 Å². The van der Waals surface area contributed by atoms with Gasteiger partial charge < -0.3 is 4.74 Å². The summed E-state index contributed by atoms with van der Waals surface area (Å²) in [6.45, 7) is 2.63. The molecule has 5 heteroatoms. The Morgan fingerprint density at radius 3 is 3.11 bits per heavy atom. The molecule has 0 aromatic carbocycles. The van der Waals surface area contributed by atoms with Gasteiger partial charge in [-0.3, -0.25) is 0 Å². The van der Waals surface area contributed by atoms with Crippen LogP contribution in [-0.4, -0.2) is 15.4 Å². The monoisotopic (exact) mass is 262 g/mol. The minimum Gasteiger partial charge on any atom is -0.475 e. The molecule has 0 fully saturated rings. The summed E-state index contributed by atoms with van der Waals surface area (Å²) < 4.78 is 16.1. The van der Waals surface area contributed by atoms with E-state index in [-0.39, 0.29) is 0 Å². The number of allylic oxidation sites excluding steroid dienone is 1. The fraction of sp³-hybridized carbons (Fsp3) is 0.308. The average molecular weight is 262 g/mol. The molecule has 0 unspecified atom stereocenters. The topological polar surface area (TPSA) is 38.9 Å².